The fourth-order valence-corrected chi connectivity index (χ4v) is 2.94. The number of benzene rings is 2. The van der Waals surface area contributed by atoms with Gasteiger partial charge in [-0.15, -0.1) is 0 Å². The highest BCUT2D eigenvalue weighted by molar-refractivity contribution is 5.98. The normalized spacial score (nSPS) is 11.5. The van der Waals surface area contributed by atoms with Crippen LogP contribution in [0.1, 0.15) is 19.5 Å². The van der Waals surface area contributed by atoms with E-state index in [1.54, 1.807) is 55.5 Å². The lowest BCUT2D eigenvalue weighted by molar-refractivity contribution is -0.125. The molecule has 2 aromatic carbocycles. The fourth-order valence-electron chi connectivity index (χ4n) is 2.94. The van der Waals surface area contributed by atoms with Crippen LogP contribution in [0.2, 0.25) is 0 Å². The Morgan fingerprint density at radius 1 is 1.00 bits per heavy atom. The summed E-state index contributed by atoms with van der Waals surface area (Å²) in [6.45, 7) is 2.95. The van der Waals surface area contributed by atoms with Gasteiger partial charge in [-0.05, 0) is 31.2 Å². The predicted octanol–water partition coefficient (Wildman–Crippen LogP) is 1.57. The zero-order valence-electron chi connectivity index (χ0n) is 16.5. The molecule has 0 aliphatic heterocycles. The van der Waals surface area contributed by atoms with E-state index < -0.39 is 17.9 Å². The molecule has 0 bridgehead atoms. The summed E-state index contributed by atoms with van der Waals surface area (Å²) in [7, 11) is 0. The third-order valence-electron chi connectivity index (χ3n) is 4.32. The number of nitrogens with zero attached hydrogens (tertiary/aromatic N) is 1. The summed E-state index contributed by atoms with van der Waals surface area (Å²) in [6.07, 6.45) is -0.0903. The van der Waals surface area contributed by atoms with Crippen molar-refractivity contribution in [1.29, 1.82) is 0 Å². The van der Waals surface area contributed by atoms with E-state index in [0.29, 0.717) is 27.8 Å². The molecular formula is C21H21N5O4. The molecule has 9 heteroatoms. The standard InChI is InChI=1S/C21H21N5O4/c1-12(20(29)24-15-7-5-6-14(10-15)23-13(2)27)22-19(28)11-18-16-8-3-4-9-17(16)21(30)26-25-18/h3-10,12H,11H2,1-2H3,(H,22,28)(H,23,27)(H,24,29)(H,26,30). The maximum atomic E-state index is 12.4. The molecule has 3 rings (SSSR count). The van der Waals surface area contributed by atoms with Gasteiger partial charge in [0.2, 0.25) is 17.7 Å². The monoisotopic (exact) mass is 407 g/mol. The molecule has 1 aromatic heterocycles. The lowest BCUT2D eigenvalue weighted by Crippen LogP contribution is -2.42. The molecule has 0 saturated carbocycles. The minimum atomic E-state index is -0.809. The van der Waals surface area contributed by atoms with Crippen molar-refractivity contribution in [3.63, 3.8) is 0 Å². The zero-order valence-corrected chi connectivity index (χ0v) is 16.5. The molecule has 1 heterocycles. The van der Waals surface area contributed by atoms with Gasteiger partial charge in [0.25, 0.3) is 5.56 Å². The molecule has 0 fully saturated rings. The molecule has 30 heavy (non-hydrogen) atoms. The third kappa shape index (κ3) is 5.07. The van der Waals surface area contributed by atoms with Crippen molar-refractivity contribution in [2.75, 3.05) is 10.6 Å². The first-order valence-corrected chi connectivity index (χ1v) is 9.27. The molecule has 3 aromatic rings. The van der Waals surface area contributed by atoms with E-state index in [4.69, 9.17) is 0 Å². The Morgan fingerprint density at radius 3 is 2.37 bits per heavy atom. The van der Waals surface area contributed by atoms with Gasteiger partial charge in [0.05, 0.1) is 17.5 Å². The number of aromatic amines is 1. The number of amides is 3. The zero-order chi connectivity index (χ0) is 21.7. The van der Waals surface area contributed by atoms with Gasteiger partial charge < -0.3 is 16.0 Å². The van der Waals surface area contributed by atoms with Crippen LogP contribution in [0.3, 0.4) is 0 Å². The van der Waals surface area contributed by atoms with E-state index in [2.05, 4.69) is 26.1 Å². The van der Waals surface area contributed by atoms with Gasteiger partial charge in [-0.25, -0.2) is 5.10 Å². The van der Waals surface area contributed by atoms with Crippen LogP contribution in [-0.4, -0.2) is 34.0 Å². The van der Waals surface area contributed by atoms with Gasteiger partial charge in [0, 0.05) is 23.7 Å². The van der Waals surface area contributed by atoms with Crippen LogP contribution in [0.4, 0.5) is 11.4 Å². The third-order valence-corrected chi connectivity index (χ3v) is 4.32. The van der Waals surface area contributed by atoms with Crippen molar-refractivity contribution in [1.82, 2.24) is 15.5 Å². The Morgan fingerprint density at radius 2 is 1.67 bits per heavy atom. The van der Waals surface area contributed by atoms with Gasteiger partial charge in [-0.2, -0.15) is 5.10 Å². The molecule has 1 atom stereocenters. The molecule has 0 saturated heterocycles. The number of carbonyl (C=O) groups is 3. The molecule has 0 spiro atoms. The molecule has 9 nitrogen and oxygen atoms in total. The summed E-state index contributed by atoms with van der Waals surface area (Å²) in [4.78, 5) is 47.8. The number of H-pyrrole nitrogens is 1. The highest BCUT2D eigenvalue weighted by Crippen LogP contribution is 2.15. The summed E-state index contributed by atoms with van der Waals surface area (Å²) in [5.74, 6) is -1.04. The van der Waals surface area contributed by atoms with Gasteiger partial charge in [0.15, 0.2) is 0 Å². The smallest absolute Gasteiger partial charge is 0.272 e. The lowest BCUT2D eigenvalue weighted by Gasteiger charge is -2.15. The largest absolute Gasteiger partial charge is 0.344 e. The van der Waals surface area contributed by atoms with E-state index in [-0.39, 0.29) is 17.9 Å². The average molecular weight is 407 g/mol. The van der Waals surface area contributed by atoms with Gasteiger partial charge in [0.1, 0.15) is 6.04 Å². The summed E-state index contributed by atoms with van der Waals surface area (Å²) in [6, 6.07) is 12.7. The van der Waals surface area contributed by atoms with Crippen LogP contribution < -0.4 is 21.5 Å². The second kappa shape index (κ2) is 8.99. The number of fused-ring (bicyclic) bond motifs is 1. The highest BCUT2D eigenvalue weighted by Gasteiger charge is 2.18. The molecule has 0 aliphatic carbocycles. The van der Waals surface area contributed by atoms with Crippen molar-refractivity contribution < 1.29 is 14.4 Å². The Bertz CT molecular complexity index is 1170. The Balaban J connectivity index is 1.63. The number of carbonyl (C=O) groups excluding carboxylic acids is 3. The van der Waals surface area contributed by atoms with Crippen molar-refractivity contribution >= 4 is 39.9 Å². The predicted molar refractivity (Wildman–Crippen MR) is 113 cm³/mol. The Kier molecular flexibility index (Phi) is 6.21. The van der Waals surface area contributed by atoms with Crippen LogP contribution in [-0.2, 0) is 20.8 Å². The number of anilines is 2. The molecule has 1 unspecified atom stereocenters. The molecule has 4 N–H and O–H groups in total. The second-order valence-corrected chi connectivity index (χ2v) is 6.76. The van der Waals surface area contributed by atoms with E-state index in [1.807, 2.05) is 0 Å². The van der Waals surface area contributed by atoms with E-state index in [0.717, 1.165) is 0 Å². The number of rotatable bonds is 6. The van der Waals surface area contributed by atoms with Crippen LogP contribution in [0.5, 0.6) is 0 Å². The highest BCUT2D eigenvalue weighted by atomic mass is 16.2. The number of hydrogen-bond donors (Lipinski definition) is 4. The van der Waals surface area contributed by atoms with Gasteiger partial charge in [-0.1, -0.05) is 24.3 Å². The number of nitrogens with one attached hydrogen (secondary N) is 4. The number of hydrogen-bond acceptors (Lipinski definition) is 5. The van der Waals surface area contributed by atoms with Gasteiger partial charge in [-0.3, -0.25) is 19.2 Å². The molecule has 3 amide bonds. The van der Waals surface area contributed by atoms with Crippen molar-refractivity contribution in [2.45, 2.75) is 26.3 Å². The topological polar surface area (TPSA) is 133 Å². The molecule has 0 radical (unpaired) electrons. The quantitative estimate of drug-likeness (QED) is 0.492. The average Bonchev–Trinajstić information content (AvgIpc) is 2.70. The summed E-state index contributed by atoms with van der Waals surface area (Å²) in [5.41, 5.74) is 1.12. The summed E-state index contributed by atoms with van der Waals surface area (Å²) < 4.78 is 0. The summed E-state index contributed by atoms with van der Waals surface area (Å²) in [5, 5.41) is 15.3. The Hall–Kier alpha value is -4.01. The second-order valence-electron chi connectivity index (χ2n) is 6.76. The molecule has 0 aliphatic rings. The van der Waals surface area contributed by atoms with Crippen LogP contribution >= 0.6 is 0 Å². The molecule has 154 valence electrons. The fraction of sp³-hybridized carbons (Fsp3) is 0.190. The van der Waals surface area contributed by atoms with Crippen LogP contribution in [0.15, 0.2) is 53.3 Å². The lowest BCUT2D eigenvalue weighted by atomic mass is 10.1. The van der Waals surface area contributed by atoms with Gasteiger partial charge >= 0.3 is 0 Å². The van der Waals surface area contributed by atoms with E-state index >= 15 is 0 Å². The number of aromatic nitrogens is 2. The SMILES string of the molecule is CC(=O)Nc1cccc(NC(=O)C(C)NC(=O)Cc2n[nH]c(=O)c3ccccc23)c1. The minimum Gasteiger partial charge on any atom is -0.344 e. The first-order valence-electron chi connectivity index (χ1n) is 9.27. The van der Waals surface area contributed by atoms with Crippen molar-refractivity contribution in [3.05, 3.63) is 64.6 Å². The van der Waals surface area contributed by atoms with E-state index in [1.165, 1.54) is 6.92 Å². The van der Waals surface area contributed by atoms with Crippen molar-refractivity contribution in [2.24, 2.45) is 0 Å². The molecular weight excluding hydrogens is 386 g/mol. The summed E-state index contributed by atoms with van der Waals surface area (Å²) >= 11 is 0. The Labute approximate surface area is 171 Å². The maximum Gasteiger partial charge on any atom is 0.272 e. The van der Waals surface area contributed by atoms with Crippen LogP contribution in [0, 0.1) is 0 Å². The van der Waals surface area contributed by atoms with Crippen molar-refractivity contribution in [3.8, 4) is 0 Å². The first kappa shape index (κ1) is 20.7. The van der Waals surface area contributed by atoms with E-state index in [9.17, 15) is 19.2 Å². The first-order chi connectivity index (χ1) is 14.3. The van der Waals surface area contributed by atoms with Crippen LogP contribution in [0.25, 0.3) is 10.8 Å². The minimum absolute atomic E-state index is 0.0903. The maximum absolute atomic E-state index is 12.4.